The molecule has 0 radical (unpaired) electrons. The Kier molecular flexibility index (Phi) is 9.33. The van der Waals surface area contributed by atoms with Gasteiger partial charge in [-0.25, -0.2) is 4.79 Å². The topological polar surface area (TPSA) is 44.8 Å². The van der Waals surface area contributed by atoms with Crippen molar-refractivity contribution in [2.24, 2.45) is 0 Å². The SMILES string of the molecule is CCCCCC(/C=C/C(=O)OCC)OC1CCCCO1. The molecule has 1 aliphatic heterocycles. The van der Waals surface area contributed by atoms with Crippen molar-refractivity contribution < 1.29 is 19.0 Å². The van der Waals surface area contributed by atoms with E-state index in [-0.39, 0.29) is 18.4 Å². The van der Waals surface area contributed by atoms with Gasteiger partial charge in [-0.3, -0.25) is 0 Å². The van der Waals surface area contributed by atoms with Gasteiger partial charge in [0.25, 0.3) is 0 Å². The largest absolute Gasteiger partial charge is 0.463 e. The first-order valence-corrected chi connectivity index (χ1v) is 7.88. The predicted octanol–water partition coefficient (Wildman–Crippen LogP) is 3.60. The Bertz CT molecular complexity index is 282. The molecule has 116 valence electrons. The fourth-order valence-electron chi connectivity index (χ4n) is 2.19. The van der Waals surface area contributed by atoms with Crippen molar-refractivity contribution in [3.05, 3.63) is 12.2 Å². The molecule has 2 unspecified atom stereocenters. The van der Waals surface area contributed by atoms with Crippen LogP contribution in [0.4, 0.5) is 0 Å². The Labute approximate surface area is 122 Å². The van der Waals surface area contributed by atoms with Crippen LogP contribution in [0, 0.1) is 0 Å². The molecule has 1 heterocycles. The van der Waals surface area contributed by atoms with E-state index in [1.165, 1.54) is 18.9 Å². The summed E-state index contributed by atoms with van der Waals surface area (Å²) in [6, 6.07) is 0. The summed E-state index contributed by atoms with van der Waals surface area (Å²) >= 11 is 0. The Hall–Kier alpha value is -0.870. The Balaban J connectivity index is 2.42. The highest BCUT2D eigenvalue weighted by Crippen LogP contribution is 2.18. The predicted molar refractivity (Wildman–Crippen MR) is 78.4 cm³/mol. The summed E-state index contributed by atoms with van der Waals surface area (Å²) in [6.45, 7) is 5.15. The van der Waals surface area contributed by atoms with E-state index in [0.717, 1.165) is 38.7 Å². The first kappa shape index (κ1) is 17.2. The van der Waals surface area contributed by atoms with Crippen molar-refractivity contribution in [2.75, 3.05) is 13.2 Å². The average Bonchev–Trinajstić information content (AvgIpc) is 2.46. The molecule has 4 nitrogen and oxygen atoms in total. The van der Waals surface area contributed by atoms with E-state index in [0.29, 0.717) is 6.61 Å². The molecular formula is C16H28O4. The van der Waals surface area contributed by atoms with Crippen LogP contribution in [0.3, 0.4) is 0 Å². The van der Waals surface area contributed by atoms with Crippen molar-refractivity contribution >= 4 is 5.97 Å². The number of esters is 1. The van der Waals surface area contributed by atoms with Gasteiger partial charge in [-0.2, -0.15) is 0 Å². The minimum absolute atomic E-state index is 0.0611. The molecule has 0 aliphatic carbocycles. The molecule has 20 heavy (non-hydrogen) atoms. The van der Waals surface area contributed by atoms with Gasteiger partial charge in [0.05, 0.1) is 12.7 Å². The lowest BCUT2D eigenvalue weighted by Crippen LogP contribution is -2.27. The first-order chi connectivity index (χ1) is 9.76. The van der Waals surface area contributed by atoms with Crippen LogP contribution in [0.5, 0.6) is 0 Å². The fourth-order valence-corrected chi connectivity index (χ4v) is 2.19. The zero-order valence-electron chi connectivity index (χ0n) is 12.8. The van der Waals surface area contributed by atoms with Gasteiger partial charge in [0, 0.05) is 12.7 Å². The molecule has 2 atom stereocenters. The molecule has 0 aromatic heterocycles. The maximum absolute atomic E-state index is 11.4. The number of carbonyl (C=O) groups is 1. The summed E-state index contributed by atoms with van der Waals surface area (Å²) in [4.78, 5) is 11.4. The molecule has 0 aromatic rings. The molecule has 0 spiro atoms. The van der Waals surface area contributed by atoms with Gasteiger partial charge in [-0.15, -0.1) is 0 Å². The second-order valence-corrected chi connectivity index (χ2v) is 5.08. The molecule has 1 fully saturated rings. The van der Waals surface area contributed by atoms with Crippen LogP contribution in [-0.2, 0) is 19.0 Å². The average molecular weight is 284 g/mol. The third-order valence-electron chi connectivity index (χ3n) is 3.29. The first-order valence-electron chi connectivity index (χ1n) is 7.88. The zero-order chi connectivity index (χ0) is 14.6. The smallest absolute Gasteiger partial charge is 0.330 e. The molecule has 0 saturated carbocycles. The van der Waals surface area contributed by atoms with E-state index in [1.54, 1.807) is 6.92 Å². The van der Waals surface area contributed by atoms with Crippen molar-refractivity contribution in [2.45, 2.75) is 71.2 Å². The van der Waals surface area contributed by atoms with Gasteiger partial charge >= 0.3 is 5.97 Å². The van der Waals surface area contributed by atoms with Crippen molar-refractivity contribution in [3.63, 3.8) is 0 Å². The van der Waals surface area contributed by atoms with Crippen LogP contribution in [-0.4, -0.2) is 31.6 Å². The number of carbonyl (C=O) groups excluding carboxylic acids is 1. The Morgan fingerprint density at radius 2 is 2.20 bits per heavy atom. The minimum atomic E-state index is -0.304. The molecule has 0 N–H and O–H groups in total. The minimum Gasteiger partial charge on any atom is -0.463 e. The van der Waals surface area contributed by atoms with Crippen LogP contribution in [0.1, 0.15) is 58.8 Å². The quantitative estimate of drug-likeness (QED) is 0.369. The van der Waals surface area contributed by atoms with Crippen molar-refractivity contribution in [3.8, 4) is 0 Å². The second kappa shape index (κ2) is 10.9. The van der Waals surface area contributed by atoms with Crippen LogP contribution in [0.25, 0.3) is 0 Å². The number of unbranched alkanes of at least 4 members (excludes halogenated alkanes) is 2. The molecular weight excluding hydrogens is 256 g/mol. The highest BCUT2D eigenvalue weighted by atomic mass is 16.7. The summed E-state index contributed by atoms with van der Waals surface area (Å²) in [7, 11) is 0. The summed E-state index contributed by atoms with van der Waals surface area (Å²) in [5, 5.41) is 0. The highest BCUT2D eigenvalue weighted by molar-refractivity contribution is 5.81. The Morgan fingerprint density at radius 1 is 1.35 bits per heavy atom. The number of rotatable bonds is 9. The summed E-state index contributed by atoms with van der Waals surface area (Å²) in [6.07, 6.45) is 10.7. The second-order valence-electron chi connectivity index (χ2n) is 5.08. The van der Waals surface area contributed by atoms with E-state index in [1.807, 2.05) is 6.08 Å². The summed E-state index contributed by atoms with van der Waals surface area (Å²) < 4.78 is 16.4. The van der Waals surface area contributed by atoms with Crippen LogP contribution >= 0.6 is 0 Å². The molecule has 1 saturated heterocycles. The monoisotopic (exact) mass is 284 g/mol. The standard InChI is InChI=1S/C16H28O4/c1-3-5-6-9-14(11-12-15(17)18-4-2)20-16-10-7-8-13-19-16/h11-12,14,16H,3-10,13H2,1-2H3/b12-11+. The number of ether oxygens (including phenoxy) is 3. The van der Waals surface area contributed by atoms with Gasteiger partial charge < -0.3 is 14.2 Å². The van der Waals surface area contributed by atoms with E-state index in [4.69, 9.17) is 14.2 Å². The molecule has 0 bridgehead atoms. The Morgan fingerprint density at radius 3 is 2.85 bits per heavy atom. The van der Waals surface area contributed by atoms with Gasteiger partial charge in [-0.05, 0) is 38.7 Å². The van der Waals surface area contributed by atoms with Gasteiger partial charge in [0.2, 0.25) is 0 Å². The number of hydrogen-bond acceptors (Lipinski definition) is 4. The van der Waals surface area contributed by atoms with E-state index in [2.05, 4.69) is 6.92 Å². The van der Waals surface area contributed by atoms with Crippen LogP contribution < -0.4 is 0 Å². The normalized spacial score (nSPS) is 21.0. The van der Waals surface area contributed by atoms with Crippen molar-refractivity contribution in [1.82, 2.24) is 0 Å². The fraction of sp³-hybridized carbons (Fsp3) is 0.812. The third kappa shape index (κ3) is 7.65. The third-order valence-corrected chi connectivity index (χ3v) is 3.29. The molecule has 1 aliphatic rings. The number of hydrogen-bond donors (Lipinski definition) is 0. The lowest BCUT2D eigenvalue weighted by atomic mass is 10.1. The van der Waals surface area contributed by atoms with Crippen LogP contribution in [0.15, 0.2) is 12.2 Å². The lowest BCUT2D eigenvalue weighted by Gasteiger charge is -2.26. The van der Waals surface area contributed by atoms with E-state index in [9.17, 15) is 4.79 Å². The maximum atomic E-state index is 11.4. The molecule has 4 heteroatoms. The summed E-state index contributed by atoms with van der Waals surface area (Å²) in [5.74, 6) is -0.304. The molecule has 1 rings (SSSR count). The lowest BCUT2D eigenvalue weighted by molar-refractivity contribution is -0.179. The molecule has 0 amide bonds. The maximum Gasteiger partial charge on any atom is 0.330 e. The zero-order valence-corrected chi connectivity index (χ0v) is 12.8. The van der Waals surface area contributed by atoms with Crippen LogP contribution in [0.2, 0.25) is 0 Å². The van der Waals surface area contributed by atoms with E-state index >= 15 is 0 Å². The van der Waals surface area contributed by atoms with Gasteiger partial charge in [-0.1, -0.05) is 26.2 Å². The van der Waals surface area contributed by atoms with Crippen molar-refractivity contribution in [1.29, 1.82) is 0 Å². The van der Waals surface area contributed by atoms with Gasteiger partial charge in [0.1, 0.15) is 0 Å². The molecule has 0 aromatic carbocycles. The van der Waals surface area contributed by atoms with E-state index < -0.39 is 0 Å². The highest BCUT2D eigenvalue weighted by Gasteiger charge is 2.18. The van der Waals surface area contributed by atoms with Gasteiger partial charge in [0.15, 0.2) is 6.29 Å². The summed E-state index contributed by atoms with van der Waals surface area (Å²) in [5.41, 5.74) is 0.